The molecular formula is C26H21ClN2O6S. The lowest BCUT2D eigenvalue weighted by Crippen LogP contribution is -2.18. The van der Waals surface area contributed by atoms with Crippen molar-refractivity contribution in [3.63, 3.8) is 0 Å². The highest BCUT2D eigenvalue weighted by Gasteiger charge is 2.19. The molecule has 0 aliphatic heterocycles. The number of thiophene rings is 1. The van der Waals surface area contributed by atoms with E-state index in [0.717, 1.165) is 10.1 Å². The molecule has 3 aromatic carbocycles. The number of nitrogens with zero attached hydrogens (tertiary/aromatic N) is 1. The van der Waals surface area contributed by atoms with Crippen LogP contribution in [0.4, 0.5) is 0 Å². The molecule has 1 aromatic heterocycles. The molecule has 0 saturated heterocycles. The smallest absolute Gasteiger partial charge is 0.355 e. The normalized spacial score (nSPS) is 10.9. The van der Waals surface area contributed by atoms with E-state index in [4.69, 9.17) is 30.5 Å². The summed E-state index contributed by atoms with van der Waals surface area (Å²) in [5.74, 6) is 0.459. The van der Waals surface area contributed by atoms with Crippen molar-refractivity contribution >= 4 is 51.1 Å². The fourth-order valence-corrected chi connectivity index (χ4v) is 4.75. The van der Waals surface area contributed by atoms with Crippen LogP contribution in [0.15, 0.2) is 65.8 Å². The number of nitrogens with one attached hydrogen (secondary N) is 1. The average Bonchev–Trinajstić information content (AvgIpc) is 3.25. The minimum absolute atomic E-state index is 0.281. The first-order chi connectivity index (χ1) is 17.4. The zero-order chi connectivity index (χ0) is 25.7. The fourth-order valence-electron chi connectivity index (χ4n) is 3.36. The van der Waals surface area contributed by atoms with Gasteiger partial charge in [-0.25, -0.2) is 10.2 Å². The predicted molar refractivity (Wildman–Crippen MR) is 139 cm³/mol. The van der Waals surface area contributed by atoms with Gasteiger partial charge in [0, 0.05) is 15.6 Å². The number of hydrogen-bond acceptors (Lipinski definition) is 8. The molecule has 1 N–H and O–H groups in total. The molecule has 0 aliphatic carbocycles. The molecule has 0 atom stereocenters. The van der Waals surface area contributed by atoms with E-state index in [2.05, 4.69) is 10.5 Å². The first kappa shape index (κ1) is 25.0. The van der Waals surface area contributed by atoms with Crippen LogP contribution in [0.1, 0.15) is 25.6 Å². The second-order valence-electron chi connectivity index (χ2n) is 7.31. The summed E-state index contributed by atoms with van der Waals surface area (Å²) in [4.78, 5) is 25.5. The van der Waals surface area contributed by atoms with Crippen molar-refractivity contribution in [1.29, 1.82) is 0 Å². The first-order valence-corrected chi connectivity index (χ1v) is 11.8. The minimum Gasteiger partial charge on any atom is -0.493 e. The van der Waals surface area contributed by atoms with Crippen molar-refractivity contribution in [2.75, 3.05) is 21.3 Å². The molecule has 10 heteroatoms. The SMILES string of the molecule is COc1cc(C(=O)N/N=C\c2ccc(OC(=O)c3sc4ccccc4c3Cl)cc2)cc(OC)c1OC. The Morgan fingerprint density at radius 1 is 0.944 bits per heavy atom. The van der Waals surface area contributed by atoms with Gasteiger partial charge in [-0.05, 0) is 48.0 Å². The van der Waals surface area contributed by atoms with E-state index in [-0.39, 0.29) is 5.56 Å². The lowest BCUT2D eigenvalue weighted by atomic mass is 10.1. The lowest BCUT2D eigenvalue weighted by molar-refractivity contribution is 0.0739. The van der Waals surface area contributed by atoms with Crippen LogP contribution in [0.25, 0.3) is 10.1 Å². The molecule has 1 amide bonds. The number of esters is 1. The summed E-state index contributed by atoms with van der Waals surface area (Å²) in [5, 5.41) is 5.18. The second kappa shape index (κ2) is 11.1. The van der Waals surface area contributed by atoms with Crippen molar-refractivity contribution in [3.8, 4) is 23.0 Å². The van der Waals surface area contributed by atoms with Gasteiger partial charge in [-0.2, -0.15) is 5.10 Å². The Kier molecular flexibility index (Phi) is 7.72. The summed E-state index contributed by atoms with van der Waals surface area (Å²) >= 11 is 7.64. The molecule has 0 radical (unpaired) electrons. The van der Waals surface area contributed by atoms with Gasteiger partial charge in [0.15, 0.2) is 11.5 Å². The van der Waals surface area contributed by atoms with Crippen LogP contribution >= 0.6 is 22.9 Å². The van der Waals surface area contributed by atoms with E-state index < -0.39 is 11.9 Å². The van der Waals surface area contributed by atoms with Gasteiger partial charge in [0.1, 0.15) is 10.6 Å². The zero-order valence-electron chi connectivity index (χ0n) is 19.5. The molecule has 0 spiro atoms. The third-order valence-corrected chi connectivity index (χ3v) is 6.77. The number of fused-ring (bicyclic) bond motifs is 1. The number of halogens is 1. The third kappa shape index (κ3) is 5.27. The molecule has 8 nitrogen and oxygen atoms in total. The first-order valence-electron chi connectivity index (χ1n) is 10.6. The number of amides is 1. The Bertz CT molecular complexity index is 1420. The molecule has 4 rings (SSSR count). The van der Waals surface area contributed by atoms with Gasteiger partial charge >= 0.3 is 5.97 Å². The number of ether oxygens (including phenoxy) is 4. The van der Waals surface area contributed by atoms with Crippen LogP contribution in [0.2, 0.25) is 5.02 Å². The Hall–Kier alpha value is -4.08. The summed E-state index contributed by atoms with van der Waals surface area (Å²) < 4.78 is 22.2. The number of hydrazone groups is 1. The van der Waals surface area contributed by atoms with Gasteiger partial charge in [0.05, 0.1) is 32.6 Å². The monoisotopic (exact) mass is 524 g/mol. The van der Waals surface area contributed by atoms with Crippen LogP contribution in [0, 0.1) is 0 Å². The molecular weight excluding hydrogens is 504 g/mol. The standard InChI is InChI=1S/C26H21ClN2O6S/c1-32-19-12-16(13-20(33-2)23(19)34-3)25(30)29-28-14-15-8-10-17(11-9-15)35-26(31)24-22(27)18-6-4-5-7-21(18)36-24/h4-14H,1-3H3,(H,29,30)/b28-14-. The highest BCUT2D eigenvalue weighted by Crippen LogP contribution is 2.38. The van der Waals surface area contributed by atoms with Gasteiger partial charge < -0.3 is 18.9 Å². The summed E-state index contributed by atoms with van der Waals surface area (Å²) in [5.41, 5.74) is 3.42. The van der Waals surface area contributed by atoms with Gasteiger partial charge in [-0.1, -0.05) is 29.8 Å². The van der Waals surface area contributed by atoms with Crippen LogP contribution in [-0.2, 0) is 0 Å². The van der Waals surface area contributed by atoms with Crippen LogP contribution in [-0.4, -0.2) is 39.4 Å². The quantitative estimate of drug-likeness (QED) is 0.140. The largest absolute Gasteiger partial charge is 0.493 e. The van der Waals surface area contributed by atoms with Crippen LogP contribution < -0.4 is 24.4 Å². The van der Waals surface area contributed by atoms with Crippen molar-refractivity contribution in [3.05, 3.63) is 81.7 Å². The summed E-state index contributed by atoms with van der Waals surface area (Å²) in [6.07, 6.45) is 1.46. The number of methoxy groups -OCH3 is 3. The van der Waals surface area contributed by atoms with E-state index >= 15 is 0 Å². The van der Waals surface area contributed by atoms with Gasteiger partial charge in [-0.15, -0.1) is 11.3 Å². The predicted octanol–water partition coefficient (Wildman–Crippen LogP) is 5.56. The fraction of sp³-hybridized carbons (Fsp3) is 0.115. The van der Waals surface area contributed by atoms with Crippen molar-refractivity contribution in [2.45, 2.75) is 0 Å². The van der Waals surface area contributed by atoms with Crippen molar-refractivity contribution in [2.24, 2.45) is 5.10 Å². The topological polar surface area (TPSA) is 95.5 Å². The van der Waals surface area contributed by atoms with E-state index in [1.165, 1.54) is 51.0 Å². The molecule has 184 valence electrons. The Morgan fingerprint density at radius 2 is 1.61 bits per heavy atom. The average molecular weight is 525 g/mol. The zero-order valence-corrected chi connectivity index (χ0v) is 21.1. The van der Waals surface area contributed by atoms with Crippen molar-refractivity contribution < 1.29 is 28.5 Å². The molecule has 0 unspecified atom stereocenters. The Morgan fingerprint density at radius 3 is 2.22 bits per heavy atom. The van der Waals surface area contributed by atoms with Crippen molar-refractivity contribution in [1.82, 2.24) is 5.43 Å². The maximum Gasteiger partial charge on any atom is 0.355 e. The molecule has 0 fully saturated rings. The van der Waals surface area contributed by atoms with Gasteiger partial charge in [0.2, 0.25) is 5.75 Å². The summed E-state index contributed by atoms with van der Waals surface area (Å²) in [6.45, 7) is 0. The summed E-state index contributed by atoms with van der Waals surface area (Å²) in [6, 6.07) is 17.2. The van der Waals surface area contributed by atoms with Gasteiger partial charge in [0.25, 0.3) is 5.91 Å². The van der Waals surface area contributed by atoms with E-state index in [1.807, 2.05) is 24.3 Å². The van der Waals surface area contributed by atoms with E-state index in [1.54, 1.807) is 24.3 Å². The number of benzene rings is 3. The maximum atomic E-state index is 12.6. The molecule has 0 aliphatic rings. The molecule has 0 saturated carbocycles. The number of hydrogen-bond donors (Lipinski definition) is 1. The van der Waals surface area contributed by atoms with E-state index in [9.17, 15) is 9.59 Å². The summed E-state index contributed by atoms with van der Waals surface area (Å²) in [7, 11) is 4.42. The second-order valence-corrected chi connectivity index (χ2v) is 8.74. The Labute approximate surface area is 216 Å². The van der Waals surface area contributed by atoms with Gasteiger partial charge in [-0.3, -0.25) is 4.79 Å². The van der Waals surface area contributed by atoms with Crippen LogP contribution in [0.5, 0.6) is 23.0 Å². The van der Waals surface area contributed by atoms with E-state index in [0.29, 0.717) is 38.5 Å². The maximum absolute atomic E-state index is 12.6. The highest BCUT2D eigenvalue weighted by molar-refractivity contribution is 7.21. The number of carbonyl (C=O) groups is 2. The highest BCUT2D eigenvalue weighted by atomic mass is 35.5. The number of carbonyl (C=O) groups excluding carboxylic acids is 2. The number of rotatable bonds is 8. The molecule has 4 aromatic rings. The minimum atomic E-state index is -0.528. The third-order valence-electron chi connectivity index (χ3n) is 5.12. The Balaban J connectivity index is 1.40. The molecule has 36 heavy (non-hydrogen) atoms. The lowest BCUT2D eigenvalue weighted by Gasteiger charge is -2.13. The van der Waals surface area contributed by atoms with Crippen LogP contribution in [0.3, 0.4) is 0 Å². The molecule has 0 bridgehead atoms. The molecule has 1 heterocycles.